The van der Waals surface area contributed by atoms with Gasteiger partial charge in [-0.05, 0) is 84.2 Å². The Hall–Kier alpha value is -6.80. The number of piperidine rings is 1. The van der Waals surface area contributed by atoms with E-state index >= 15 is 0 Å². The number of aromatic hydroxyl groups is 1. The van der Waals surface area contributed by atoms with Gasteiger partial charge in [-0.15, -0.1) is 0 Å². The summed E-state index contributed by atoms with van der Waals surface area (Å²) in [5.41, 5.74) is 7.38. The molecule has 2 heterocycles. The van der Waals surface area contributed by atoms with Crippen LogP contribution >= 0.6 is 0 Å². The molecule has 1 saturated heterocycles. The van der Waals surface area contributed by atoms with E-state index in [-0.39, 0.29) is 41.8 Å². The van der Waals surface area contributed by atoms with Crippen molar-refractivity contribution >= 4 is 34.5 Å². The Morgan fingerprint density at radius 2 is 1.45 bits per heavy atom. The third-order valence-corrected chi connectivity index (χ3v) is 11.8. The summed E-state index contributed by atoms with van der Waals surface area (Å²) < 4.78 is 5.76. The van der Waals surface area contributed by atoms with Crippen molar-refractivity contribution in [2.24, 2.45) is 0 Å². The number of fused-ring (bicyclic) bond motifs is 1. The maximum atomic E-state index is 12.8. The Balaban J connectivity index is 0.747. The molecule has 338 valence electrons. The highest BCUT2D eigenvalue weighted by molar-refractivity contribution is 5.91. The minimum Gasteiger partial charge on any atom is -0.506 e. The lowest BCUT2D eigenvalue weighted by Gasteiger charge is -2.31. The number of aliphatic hydroxyl groups is 1. The van der Waals surface area contributed by atoms with Gasteiger partial charge in [0.1, 0.15) is 11.9 Å². The number of aliphatic hydroxyl groups excluding tert-OH is 1. The molecule has 13 nitrogen and oxygen atoms in total. The SMILES string of the molecule is C[C@H](Cc1cccc(CCC(=O)NCc2ccc(CNC(=O)CCN3CCC(OC(=O)Nc4ccccc4-c4ccccc4)CC3)cc2)c1)NC[C@H](O)c1ccc(O)c2[nH]c(=O)ccc12. The van der Waals surface area contributed by atoms with E-state index in [0.29, 0.717) is 73.9 Å². The Labute approximate surface area is 379 Å². The Kier molecular flexibility index (Phi) is 16.1. The number of nitrogens with one attached hydrogen (secondary N) is 5. The lowest BCUT2D eigenvalue weighted by molar-refractivity contribution is -0.122. The first kappa shape index (κ1) is 46.2. The zero-order valence-corrected chi connectivity index (χ0v) is 36.7. The van der Waals surface area contributed by atoms with Gasteiger partial charge in [-0.1, -0.05) is 103 Å². The van der Waals surface area contributed by atoms with E-state index in [0.717, 1.165) is 52.9 Å². The summed E-state index contributed by atoms with van der Waals surface area (Å²) in [6.07, 6.45) is 1.99. The molecular formula is C52H58N6O7. The van der Waals surface area contributed by atoms with Crippen LogP contribution in [0.2, 0.25) is 0 Å². The topological polar surface area (TPSA) is 185 Å². The first-order chi connectivity index (χ1) is 31.6. The van der Waals surface area contributed by atoms with Crippen molar-refractivity contribution in [3.63, 3.8) is 0 Å². The number of phenols is 1. The van der Waals surface area contributed by atoms with Crippen LogP contribution in [0.15, 0.2) is 132 Å². The fraction of sp³-hybridized carbons (Fsp3) is 0.308. The molecule has 1 fully saturated rings. The van der Waals surface area contributed by atoms with Gasteiger partial charge in [0.2, 0.25) is 17.4 Å². The molecule has 0 radical (unpaired) electrons. The van der Waals surface area contributed by atoms with Gasteiger partial charge in [-0.2, -0.15) is 0 Å². The third-order valence-electron chi connectivity index (χ3n) is 11.8. The summed E-state index contributed by atoms with van der Waals surface area (Å²) in [7, 11) is 0. The van der Waals surface area contributed by atoms with Crippen molar-refractivity contribution in [1.82, 2.24) is 25.8 Å². The molecule has 1 aliphatic rings. The zero-order chi connectivity index (χ0) is 45.5. The summed E-state index contributed by atoms with van der Waals surface area (Å²) in [6, 6.07) is 39.8. The van der Waals surface area contributed by atoms with Crippen molar-refractivity contribution in [3.8, 4) is 16.9 Å². The van der Waals surface area contributed by atoms with Gasteiger partial charge in [0.15, 0.2) is 0 Å². The molecule has 7 N–H and O–H groups in total. The minimum atomic E-state index is -0.846. The lowest BCUT2D eigenvalue weighted by Crippen LogP contribution is -2.40. The summed E-state index contributed by atoms with van der Waals surface area (Å²) in [4.78, 5) is 54.9. The zero-order valence-electron chi connectivity index (χ0n) is 36.7. The predicted molar refractivity (Wildman–Crippen MR) is 253 cm³/mol. The molecule has 1 aromatic heterocycles. The molecule has 6 aromatic rings. The molecule has 1 aliphatic heterocycles. The van der Waals surface area contributed by atoms with Gasteiger partial charge < -0.3 is 40.8 Å². The number of benzene rings is 5. The van der Waals surface area contributed by atoms with E-state index in [1.54, 1.807) is 12.1 Å². The van der Waals surface area contributed by atoms with Gasteiger partial charge in [0, 0.05) is 75.2 Å². The number of para-hydroxylation sites is 1. The van der Waals surface area contributed by atoms with Crippen molar-refractivity contribution in [2.45, 2.75) is 76.8 Å². The number of carbonyl (C=O) groups is 3. The van der Waals surface area contributed by atoms with Crippen molar-refractivity contribution < 1.29 is 29.3 Å². The fourth-order valence-electron chi connectivity index (χ4n) is 8.18. The minimum absolute atomic E-state index is 0.0234. The second-order valence-electron chi connectivity index (χ2n) is 16.7. The predicted octanol–water partition coefficient (Wildman–Crippen LogP) is 7.12. The molecule has 0 saturated carbocycles. The average Bonchev–Trinajstić information content (AvgIpc) is 3.32. The number of aromatic nitrogens is 1. The third kappa shape index (κ3) is 13.6. The van der Waals surface area contributed by atoms with Crippen LogP contribution in [0.5, 0.6) is 5.75 Å². The number of aryl methyl sites for hydroxylation is 1. The Bertz CT molecular complexity index is 2590. The molecule has 0 aliphatic carbocycles. The maximum absolute atomic E-state index is 12.8. The number of carbonyl (C=O) groups excluding carboxylic acids is 3. The first-order valence-corrected chi connectivity index (χ1v) is 22.4. The highest BCUT2D eigenvalue weighted by Crippen LogP contribution is 2.30. The summed E-state index contributed by atoms with van der Waals surface area (Å²) in [5, 5.41) is 34.0. The molecule has 13 heteroatoms. The molecule has 65 heavy (non-hydrogen) atoms. The van der Waals surface area contributed by atoms with Crippen molar-refractivity contribution in [3.05, 3.63) is 166 Å². The fourth-order valence-corrected chi connectivity index (χ4v) is 8.18. The number of pyridine rings is 1. The van der Waals surface area contributed by atoms with Crippen LogP contribution in [-0.4, -0.2) is 76.3 Å². The van der Waals surface area contributed by atoms with Crippen LogP contribution in [0.4, 0.5) is 10.5 Å². The molecular weight excluding hydrogens is 821 g/mol. The maximum Gasteiger partial charge on any atom is 0.411 e. The molecule has 0 bridgehead atoms. The highest BCUT2D eigenvalue weighted by atomic mass is 16.6. The van der Waals surface area contributed by atoms with E-state index < -0.39 is 12.2 Å². The van der Waals surface area contributed by atoms with E-state index in [9.17, 15) is 29.4 Å². The smallest absolute Gasteiger partial charge is 0.411 e. The van der Waals surface area contributed by atoms with Crippen molar-refractivity contribution in [1.29, 1.82) is 0 Å². The van der Waals surface area contributed by atoms with E-state index in [4.69, 9.17) is 4.74 Å². The molecule has 7 rings (SSSR count). The standard InChI is InChI=1S/C52H58N6O7/c1-35(53-34-47(60)43-19-21-46(59)51-44(43)20-23-50(63)57-51)30-39-9-7-8-36(31-39)18-22-48(61)54-32-37-14-16-38(17-15-37)33-55-49(62)26-29-58-27-24-41(25-28-58)65-52(64)56-45-13-6-5-12-42(45)40-10-3-2-4-11-40/h2-17,19-21,23,31,35,41,47,53,59-60H,18,22,24-30,32-34H2,1H3,(H,54,61)(H,55,62)(H,56,64)(H,57,63)/t35-,47+/m1/s1. The summed E-state index contributed by atoms with van der Waals surface area (Å²) >= 11 is 0. The number of anilines is 1. The highest BCUT2D eigenvalue weighted by Gasteiger charge is 2.23. The number of hydrogen-bond donors (Lipinski definition) is 7. The number of H-pyrrole nitrogens is 1. The van der Waals surface area contributed by atoms with Gasteiger partial charge in [0.05, 0.1) is 17.3 Å². The van der Waals surface area contributed by atoms with Crippen LogP contribution < -0.4 is 26.8 Å². The Morgan fingerprint density at radius 1 is 0.769 bits per heavy atom. The van der Waals surface area contributed by atoms with Crippen molar-refractivity contribution in [2.75, 3.05) is 31.5 Å². The van der Waals surface area contributed by atoms with Gasteiger partial charge in [-0.3, -0.25) is 19.7 Å². The van der Waals surface area contributed by atoms with E-state index in [1.165, 1.54) is 12.1 Å². The van der Waals surface area contributed by atoms with Crippen LogP contribution in [0, 0.1) is 0 Å². The average molecular weight is 879 g/mol. The molecule has 0 spiro atoms. The molecule has 5 aromatic carbocycles. The Morgan fingerprint density at radius 3 is 2.18 bits per heavy atom. The molecule has 3 amide bonds. The summed E-state index contributed by atoms with van der Waals surface area (Å²) in [6.45, 7) is 5.29. The number of ether oxygens (including phenoxy) is 1. The number of rotatable bonds is 19. The largest absolute Gasteiger partial charge is 0.506 e. The van der Waals surface area contributed by atoms with E-state index in [2.05, 4.69) is 43.3 Å². The quantitative estimate of drug-likeness (QED) is 0.0445. The van der Waals surface area contributed by atoms with Crippen LogP contribution in [0.1, 0.15) is 66.5 Å². The second kappa shape index (κ2) is 22.7. The first-order valence-electron chi connectivity index (χ1n) is 22.4. The monoisotopic (exact) mass is 878 g/mol. The number of phenolic OH excluding ortho intramolecular Hbond substituents is 1. The van der Waals surface area contributed by atoms with Gasteiger partial charge in [-0.25, -0.2) is 4.79 Å². The van der Waals surface area contributed by atoms with Gasteiger partial charge in [0.25, 0.3) is 0 Å². The number of hydrogen-bond acceptors (Lipinski definition) is 9. The summed E-state index contributed by atoms with van der Waals surface area (Å²) in [5.74, 6) is -0.108. The van der Waals surface area contributed by atoms with Crippen LogP contribution in [0.25, 0.3) is 22.0 Å². The van der Waals surface area contributed by atoms with Crippen LogP contribution in [0.3, 0.4) is 0 Å². The second-order valence-corrected chi connectivity index (χ2v) is 16.7. The van der Waals surface area contributed by atoms with Gasteiger partial charge >= 0.3 is 6.09 Å². The number of nitrogens with zero attached hydrogens (tertiary/aromatic N) is 1. The lowest BCUT2D eigenvalue weighted by atomic mass is 10.0. The molecule has 0 unspecified atom stereocenters. The number of aromatic amines is 1. The number of likely N-dealkylation sites (tertiary alicyclic amines) is 1. The number of amides is 3. The molecule has 2 atom stereocenters. The van der Waals surface area contributed by atoms with E-state index in [1.807, 2.05) is 97.9 Å². The normalized spacial score (nSPS) is 14.1. The van der Waals surface area contributed by atoms with Crippen LogP contribution in [-0.2, 0) is 40.3 Å².